The van der Waals surface area contributed by atoms with Gasteiger partial charge in [0.2, 0.25) is 0 Å². The lowest BCUT2D eigenvalue weighted by molar-refractivity contribution is 0.177. The number of carbonyl (C=O) groups excluding carboxylic acids is 1. The van der Waals surface area contributed by atoms with Crippen LogP contribution in [-0.2, 0) is 12.1 Å². The number of likely N-dealkylation sites (tertiary alicyclic amines) is 1. The number of rotatable bonds is 3. The van der Waals surface area contributed by atoms with Crippen molar-refractivity contribution >= 4 is 17.4 Å². The number of nitrogens with zero attached hydrogens (tertiary/aromatic N) is 4. The molecule has 1 atom stereocenters. The highest BCUT2D eigenvalue weighted by atomic mass is 32.1. The normalized spacial score (nSPS) is 18.6. The maximum atomic E-state index is 12.5. The number of imidazole rings is 1. The first-order valence-corrected chi connectivity index (χ1v) is 9.27. The second-order valence-electron chi connectivity index (χ2n) is 7.23. The maximum absolute atomic E-state index is 12.5. The van der Waals surface area contributed by atoms with Crippen LogP contribution in [0.1, 0.15) is 50.2 Å². The molecule has 3 rings (SSSR count). The number of urea groups is 1. The molecule has 0 aliphatic carbocycles. The summed E-state index contributed by atoms with van der Waals surface area (Å²) in [5.74, 6) is 0.339. The molecular formula is C17H25N5OS. The molecule has 24 heavy (non-hydrogen) atoms. The van der Waals surface area contributed by atoms with Gasteiger partial charge in [0, 0.05) is 48.0 Å². The fourth-order valence-electron chi connectivity index (χ4n) is 3.17. The molecule has 6 nitrogen and oxygen atoms in total. The smallest absolute Gasteiger partial charge is 0.317 e. The standard InChI is InChI=1S/C17H25N5OS/c1-17(2,3)22-12-18-9-14(22)13-5-4-7-21(11-13)16(23)20-10-15-19-6-8-24-15/h6,8-9,12-13H,4-5,7,10-11H2,1-3H3,(H,20,23). The van der Waals surface area contributed by atoms with Gasteiger partial charge in [-0.25, -0.2) is 14.8 Å². The lowest BCUT2D eigenvalue weighted by atomic mass is 9.94. The Kier molecular flexibility index (Phi) is 4.89. The average molecular weight is 347 g/mol. The maximum Gasteiger partial charge on any atom is 0.317 e. The fraction of sp³-hybridized carbons (Fsp3) is 0.588. The number of piperidine rings is 1. The minimum atomic E-state index is -0.00303. The van der Waals surface area contributed by atoms with Gasteiger partial charge in [-0.1, -0.05) is 0 Å². The summed E-state index contributed by atoms with van der Waals surface area (Å²) >= 11 is 1.56. The number of thiazole rings is 1. The van der Waals surface area contributed by atoms with Gasteiger partial charge >= 0.3 is 6.03 Å². The lowest BCUT2D eigenvalue weighted by Gasteiger charge is -2.35. The Morgan fingerprint density at radius 2 is 2.29 bits per heavy atom. The van der Waals surface area contributed by atoms with E-state index in [0.29, 0.717) is 12.5 Å². The zero-order chi connectivity index (χ0) is 17.2. The Balaban J connectivity index is 1.64. The number of aromatic nitrogens is 3. The van der Waals surface area contributed by atoms with Gasteiger partial charge in [0.25, 0.3) is 0 Å². The predicted molar refractivity (Wildman–Crippen MR) is 95.1 cm³/mol. The third-order valence-corrected chi connectivity index (χ3v) is 5.17. The van der Waals surface area contributed by atoms with Crippen molar-refractivity contribution in [1.82, 2.24) is 24.8 Å². The SMILES string of the molecule is CC(C)(C)n1cncc1C1CCCN(C(=O)NCc2nccs2)C1. The highest BCUT2D eigenvalue weighted by Gasteiger charge is 2.28. The van der Waals surface area contributed by atoms with Gasteiger partial charge < -0.3 is 14.8 Å². The summed E-state index contributed by atoms with van der Waals surface area (Å²) < 4.78 is 2.23. The van der Waals surface area contributed by atoms with Crippen molar-refractivity contribution in [2.45, 2.75) is 51.6 Å². The molecule has 130 valence electrons. The molecule has 2 aromatic heterocycles. The second-order valence-corrected chi connectivity index (χ2v) is 8.21. The number of amides is 2. The topological polar surface area (TPSA) is 63.1 Å². The van der Waals surface area contributed by atoms with Crippen molar-refractivity contribution in [1.29, 1.82) is 0 Å². The number of hydrogen-bond acceptors (Lipinski definition) is 4. The van der Waals surface area contributed by atoms with Gasteiger partial charge in [-0.3, -0.25) is 0 Å². The van der Waals surface area contributed by atoms with Crippen molar-refractivity contribution in [2.24, 2.45) is 0 Å². The Bertz CT molecular complexity index is 673. The Hall–Kier alpha value is -1.89. The van der Waals surface area contributed by atoms with Crippen molar-refractivity contribution < 1.29 is 4.79 Å². The molecule has 1 N–H and O–H groups in total. The van der Waals surface area contributed by atoms with Crippen LogP contribution in [-0.4, -0.2) is 38.6 Å². The van der Waals surface area contributed by atoms with Gasteiger partial charge in [0.1, 0.15) is 5.01 Å². The molecule has 0 saturated carbocycles. The molecule has 1 saturated heterocycles. The molecule has 1 aliphatic rings. The molecule has 0 spiro atoms. The Morgan fingerprint density at radius 3 is 3.00 bits per heavy atom. The first-order chi connectivity index (χ1) is 11.4. The molecule has 0 radical (unpaired) electrons. The van der Waals surface area contributed by atoms with Gasteiger partial charge in [0.05, 0.1) is 12.9 Å². The largest absolute Gasteiger partial charge is 0.331 e. The summed E-state index contributed by atoms with van der Waals surface area (Å²) in [4.78, 5) is 22.9. The van der Waals surface area contributed by atoms with E-state index in [0.717, 1.165) is 30.9 Å². The minimum Gasteiger partial charge on any atom is -0.331 e. The first-order valence-electron chi connectivity index (χ1n) is 8.39. The fourth-order valence-corrected chi connectivity index (χ4v) is 3.73. The molecule has 7 heteroatoms. The van der Waals surface area contributed by atoms with Crippen molar-refractivity contribution in [3.8, 4) is 0 Å². The van der Waals surface area contributed by atoms with E-state index in [1.165, 1.54) is 5.69 Å². The van der Waals surface area contributed by atoms with E-state index >= 15 is 0 Å². The highest BCUT2D eigenvalue weighted by Crippen LogP contribution is 2.30. The van der Waals surface area contributed by atoms with E-state index in [9.17, 15) is 4.79 Å². The average Bonchev–Trinajstić information content (AvgIpc) is 3.23. The van der Waals surface area contributed by atoms with Crippen molar-refractivity contribution in [3.63, 3.8) is 0 Å². The van der Waals surface area contributed by atoms with E-state index in [1.54, 1.807) is 17.5 Å². The third kappa shape index (κ3) is 3.77. The van der Waals surface area contributed by atoms with Gasteiger partial charge in [-0.15, -0.1) is 11.3 Å². The van der Waals surface area contributed by atoms with Crippen molar-refractivity contribution in [3.05, 3.63) is 34.8 Å². The third-order valence-electron chi connectivity index (χ3n) is 4.39. The lowest BCUT2D eigenvalue weighted by Crippen LogP contribution is -2.45. The summed E-state index contributed by atoms with van der Waals surface area (Å²) in [6.45, 7) is 8.59. The molecule has 2 aromatic rings. The number of carbonyl (C=O) groups is 1. The van der Waals surface area contributed by atoms with Crippen LogP contribution < -0.4 is 5.32 Å². The highest BCUT2D eigenvalue weighted by molar-refractivity contribution is 7.09. The van der Waals surface area contributed by atoms with Gasteiger partial charge in [0.15, 0.2) is 0 Å². The number of hydrogen-bond donors (Lipinski definition) is 1. The van der Waals surface area contributed by atoms with E-state index in [-0.39, 0.29) is 11.6 Å². The second kappa shape index (κ2) is 6.93. The van der Waals surface area contributed by atoms with Crippen LogP contribution in [0.4, 0.5) is 4.79 Å². The summed E-state index contributed by atoms with van der Waals surface area (Å²) in [6, 6.07) is -0.00303. The van der Waals surface area contributed by atoms with E-state index in [1.807, 2.05) is 22.8 Å². The minimum absolute atomic E-state index is 0.00120. The summed E-state index contributed by atoms with van der Waals surface area (Å²) in [5.41, 5.74) is 1.22. The summed E-state index contributed by atoms with van der Waals surface area (Å²) in [6.07, 6.45) is 7.73. The molecule has 1 aliphatic heterocycles. The zero-order valence-corrected chi connectivity index (χ0v) is 15.3. The molecule has 1 unspecified atom stereocenters. The van der Waals surface area contributed by atoms with Crippen molar-refractivity contribution in [2.75, 3.05) is 13.1 Å². The van der Waals surface area contributed by atoms with Gasteiger partial charge in [-0.05, 0) is 33.6 Å². The van der Waals surface area contributed by atoms with Crippen LogP contribution in [0.25, 0.3) is 0 Å². The van der Waals surface area contributed by atoms with Crippen LogP contribution >= 0.6 is 11.3 Å². The number of nitrogens with one attached hydrogen (secondary N) is 1. The van der Waals surface area contributed by atoms with Crippen LogP contribution in [0.15, 0.2) is 24.1 Å². The van der Waals surface area contributed by atoms with E-state index < -0.39 is 0 Å². The van der Waals surface area contributed by atoms with Gasteiger partial charge in [-0.2, -0.15) is 0 Å². The van der Waals surface area contributed by atoms with E-state index in [4.69, 9.17) is 0 Å². The van der Waals surface area contributed by atoms with Crippen LogP contribution in [0, 0.1) is 0 Å². The summed E-state index contributed by atoms with van der Waals surface area (Å²) in [5, 5.41) is 5.83. The molecule has 3 heterocycles. The monoisotopic (exact) mass is 347 g/mol. The van der Waals surface area contributed by atoms with E-state index in [2.05, 4.69) is 40.6 Å². The Morgan fingerprint density at radius 1 is 1.46 bits per heavy atom. The predicted octanol–water partition coefficient (Wildman–Crippen LogP) is 3.18. The van der Waals surface area contributed by atoms with Crippen LogP contribution in [0.5, 0.6) is 0 Å². The quantitative estimate of drug-likeness (QED) is 0.927. The van der Waals surface area contributed by atoms with Crippen LogP contribution in [0.3, 0.4) is 0 Å². The Labute approximate surface area is 146 Å². The zero-order valence-electron chi connectivity index (χ0n) is 14.5. The molecule has 1 fully saturated rings. The molecule has 0 aromatic carbocycles. The molecule has 2 amide bonds. The van der Waals surface area contributed by atoms with Crippen LogP contribution in [0.2, 0.25) is 0 Å². The first kappa shape index (κ1) is 17.0. The summed E-state index contributed by atoms with van der Waals surface area (Å²) in [7, 11) is 0. The molecule has 0 bridgehead atoms. The molecular weight excluding hydrogens is 322 g/mol.